The zero-order valence-electron chi connectivity index (χ0n) is 21.8. The summed E-state index contributed by atoms with van der Waals surface area (Å²) >= 11 is 6.15. The number of fused-ring (bicyclic) bond motifs is 3. The SMILES string of the molecule is Cc1cnc(C(=O)N2CCC(C#N)(c3ccccc3)CC2)cc1C(=O)N1CCC2c3ccc(Cl)cc3OC2C1. The maximum atomic E-state index is 13.6. The normalized spacial score (nSPS) is 21.4. The van der Waals surface area contributed by atoms with Crippen molar-refractivity contribution in [2.45, 2.75) is 43.6 Å². The van der Waals surface area contributed by atoms with Gasteiger partial charge in [-0.3, -0.25) is 14.6 Å². The monoisotopic (exact) mass is 540 g/mol. The molecule has 2 amide bonds. The number of ether oxygens (including phenoxy) is 1. The number of halogens is 1. The fraction of sp³-hybridized carbons (Fsp3) is 0.355. The molecule has 3 aromatic rings. The van der Waals surface area contributed by atoms with Gasteiger partial charge in [-0.15, -0.1) is 0 Å². The van der Waals surface area contributed by atoms with E-state index in [9.17, 15) is 14.9 Å². The Hall–Kier alpha value is -3.89. The minimum Gasteiger partial charge on any atom is -0.488 e. The molecule has 2 unspecified atom stereocenters. The zero-order valence-corrected chi connectivity index (χ0v) is 22.5. The summed E-state index contributed by atoms with van der Waals surface area (Å²) in [6.45, 7) is 3.84. The lowest BCUT2D eigenvalue weighted by molar-refractivity contribution is 0.0543. The van der Waals surface area contributed by atoms with Crippen molar-refractivity contribution < 1.29 is 14.3 Å². The Balaban J connectivity index is 1.15. The molecule has 2 aromatic carbocycles. The summed E-state index contributed by atoms with van der Waals surface area (Å²) in [6, 6.07) is 19.6. The molecule has 3 aliphatic rings. The fourth-order valence-electron chi connectivity index (χ4n) is 6.17. The molecule has 3 aliphatic heterocycles. The molecule has 2 saturated heterocycles. The van der Waals surface area contributed by atoms with Gasteiger partial charge in [-0.1, -0.05) is 48.0 Å². The lowest BCUT2D eigenvalue weighted by Crippen LogP contribution is -2.46. The molecule has 39 heavy (non-hydrogen) atoms. The summed E-state index contributed by atoms with van der Waals surface area (Å²) in [5, 5.41) is 10.6. The van der Waals surface area contributed by atoms with Gasteiger partial charge in [0.15, 0.2) is 0 Å². The summed E-state index contributed by atoms with van der Waals surface area (Å²) < 4.78 is 6.16. The van der Waals surface area contributed by atoms with Crippen LogP contribution in [-0.4, -0.2) is 58.9 Å². The third kappa shape index (κ3) is 4.53. The molecule has 8 heteroatoms. The van der Waals surface area contributed by atoms with Crippen LogP contribution < -0.4 is 4.74 Å². The van der Waals surface area contributed by atoms with Crippen molar-refractivity contribution in [3.63, 3.8) is 0 Å². The predicted octanol–water partition coefficient (Wildman–Crippen LogP) is 5.13. The van der Waals surface area contributed by atoms with E-state index >= 15 is 0 Å². The fourth-order valence-corrected chi connectivity index (χ4v) is 6.34. The van der Waals surface area contributed by atoms with Crippen LogP contribution in [-0.2, 0) is 5.41 Å². The number of nitrogens with zero attached hydrogens (tertiary/aromatic N) is 4. The van der Waals surface area contributed by atoms with E-state index in [1.54, 1.807) is 17.2 Å². The standard InChI is InChI=1S/C31H29ClN4O3/c1-20-17-34-26(30(38)35-13-10-31(19-33,11-14-35)21-5-3-2-4-6-21)16-25(20)29(37)36-12-9-24-23-8-7-22(32)15-27(23)39-28(24)18-36/h2-8,15-17,24,28H,9-14,18H2,1H3. The summed E-state index contributed by atoms with van der Waals surface area (Å²) in [7, 11) is 0. The van der Waals surface area contributed by atoms with Crippen LogP contribution in [0.1, 0.15) is 62.7 Å². The topological polar surface area (TPSA) is 86.5 Å². The van der Waals surface area contributed by atoms with Gasteiger partial charge in [0.2, 0.25) is 0 Å². The number of likely N-dealkylation sites (tertiary alicyclic amines) is 2. The molecule has 0 radical (unpaired) electrons. The number of nitriles is 1. The van der Waals surface area contributed by atoms with E-state index in [1.807, 2.05) is 60.4 Å². The number of benzene rings is 2. The number of amides is 2. The van der Waals surface area contributed by atoms with E-state index in [0.717, 1.165) is 28.9 Å². The molecule has 0 saturated carbocycles. The van der Waals surface area contributed by atoms with Crippen LogP contribution in [0.15, 0.2) is 60.8 Å². The number of pyridine rings is 1. The van der Waals surface area contributed by atoms with Crippen molar-refractivity contribution >= 4 is 23.4 Å². The number of aromatic nitrogens is 1. The van der Waals surface area contributed by atoms with Gasteiger partial charge in [0.25, 0.3) is 11.8 Å². The Kier molecular flexibility index (Phi) is 6.52. The molecule has 0 N–H and O–H groups in total. The molecular weight excluding hydrogens is 512 g/mol. The summed E-state index contributed by atoms with van der Waals surface area (Å²) in [4.78, 5) is 35.0. The number of hydrogen-bond acceptors (Lipinski definition) is 5. The van der Waals surface area contributed by atoms with Crippen LogP contribution in [0.4, 0.5) is 0 Å². The highest BCUT2D eigenvalue weighted by atomic mass is 35.5. The van der Waals surface area contributed by atoms with Gasteiger partial charge in [-0.25, -0.2) is 0 Å². The van der Waals surface area contributed by atoms with Gasteiger partial charge in [0.05, 0.1) is 18.0 Å². The molecule has 1 aromatic heterocycles. The first-order chi connectivity index (χ1) is 18.9. The summed E-state index contributed by atoms with van der Waals surface area (Å²) in [6.07, 6.45) is 3.40. The molecule has 0 spiro atoms. The average Bonchev–Trinajstić information content (AvgIpc) is 3.34. The minimum atomic E-state index is -0.598. The third-order valence-electron chi connectivity index (χ3n) is 8.50. The van der Waals surface area contributed by atoms with Gasteiger partial charge in [0.1, 0.15) is 17.5 Å². The lowest BCUT2D eigenvalue weighted by atomic mass is 9.74. The summed E-state index contributed by atoms with van der Waals surface area (Å²) in [5.74, 6) is 0.710. The Morgan fingerprint density at radius 3 is 2.56 bits per heavy atom. The van der Waals surface area contributed by atoms with Gasteiger partial charge in [0, 0.05) is 47.9 Å². The largest absolute Gasteiger partial charge is 0.488 e. The molecule has 6 rings (SSSR count). The number of aryl methyl sites for hydroxylation is 1. The maximum Gasteiger partial charge on any atom is 0.272 e. The van der Waals surface area contributed by atoms with Crippen molar-refractivity contribution in [1.29, 1.82) is 5.26 Å². The second kappa shape index (κ2) is 10.0. The number of rotatable bonds is 3. The Morgan fingerprint density at radius 1 is 1.05 bits per heavy atom. The number of piperidine rings is 2. The molecule has 2 fully saturated rings. The molecule has 0 aliphatic carbocycles. The van der Waals surface area contributed by atoms with Crippen molar-refractivity contribution in [1.82, 2.24) is 14.8 Å². The van der Waals surface area contributed by atoms with Crippen molar-refractivity contribution in [3.8, 4) is 11.8 Å². The number of hydrogen-bond donors (Lipinski definition) is 0. The smallest absolute Gasteiger partial charge is 0.272 e. The van der Waals surface area contributed by atoms with Crippen LogP contribution in [0.3, 0.4) is 0 Å². The van der Waals surface area contributed by atoms with Gasteiger partial charge < -0.3 is 14.5 Å². The highest BCUT2D eigenvalue weighted by molar-refractivity contribution is 6.30. The van der Waals surface area contributed by atoms with Crippen LogP contribution in [0, 0.1) is 18.3 Å². The first-order valence-electron chi connectivity index (χ1n) is 13.4. The minimum absolute atomic E-state index is 0.113. The highest BCUT2D eigenvalue weighted by Crippen LogP contribution is 2.44. The van der Waals surface area contributed by atoms with Crippen molar-refractivity contribution in [3.05, 3.63) is 93.8 Å². The number of carbonyl (C=O) groups is 2. The van der Waals surface area contributed by atoms with Gasteiger partial charge in [-0.05, 0) is 55.5 Å². The van der Waals surface area contributed by atoms with Crippen molar-refractivity contribution in [2.24, 2.45) is 0 Å². The molecule has 198 valence electrons. The Morgan fingerprint density at radius 2 is 1.82 bits per heavy atom. The third-order valence-corrected chi connectivity index (χ3v) is 8.73. The maximum absolute atomic E-state index is 13.6. The quantitative estimate of drug-likeness (QED) is 0.459. The molecule has 7 nitrogen and oxygen atoms in total. The van der Waals surface area contributed by atoms with Crippen molar-refractivity contribution in [2.75, 3.05) is 26.2 Å². The highest BCUT2D eigenvalue weighted by Gasteiger charge is 2.41. The second-order valence-corrected chi connectivity index (χ2v) is 11.2. The van der Waals surface area contributed by atoms with E-state index in [2.05, 4.69) is 11.1 Å². The predicted molar refractivity (Wildman–Crippen MR) is 147 cm³/mol. The lowest BCUT2D eigenvalue weighted by Gasteiger charge is -2.37. The second-order valence-electron chi connectivity index (χ2n) is 10.7. The number of carbonyl (C=O) groups excluding carboxylic acids is 2. The first kappa shape index (κ1) is 25.4. The van der Waals surface area contributed by atoms with Crippen LogP contribution >= 0.6 is 11.6 Å². The average molecular weight is 541 g/mol. The zero-order chi connectivity index (χ0) is 27.1. The summed E-state index contributed by atoms with van der Waals surface area (Å²) in [5.41, 5.74) is 3.01. The molecule has 0 bridgehead atoms. The first-order valence-corrected chi connectivity index (χ1v) is 13.7. The Bertz CT molecular complexity index is 1480. The Labute approximate surface area is 233 Å². The van der Waals surface area contributed by atoms with E-state index in [1.165, 1.54) is 0 Å². The van der Waals surface area contributed by atoms with Crippen LogP contribution in [0.2, 0.25) is 5.02 Å². The molecular formula is C31H29ClN4O3. The van der Waals surface area contributed by atoms with Crippen LogP contribution in [0.5, 0.6) is 5.75 Å². The van der Waals surface area contributed by atoms with Crippen LogP contribution in [0.25, 0.3) is 0 Å². The van der Waals surface area contributed by atoms with E-state index < -0.39 is 5.41 Å². The molecule has 4 heterocycles. The molecule has 2 atom stereocenters. The van der Waals surface area contributed by atoms with E-state index in [-0.39, 0.29) is 29.5 Å². The van der Waals surface area contributed by atoms with E-state index in [0.29, 0.717) is 49.6 Å². The van der Waals surface area contributed by atoms with E-state index in [4.69, 9.17) is 16.3 Å². The van der Waals surface area contributed by atoms with Gasteiger partial charge >= 0.3 is 0 Å². The van der Waals surface area contributed by atoms with Gasteiger partial charge in [-0.2, -0.15) is 5.26 Å².